The van der Waals surface area contributed by atoms with Gasteiger partial charge in [-0.25, -0.2) is 4.79 Å². The zero-order valence-corrected chi connectivity index (χ0v) is 16.8. The van der Waals surface area contributed by atoms with Gasteiger partial charge >= 0.3 is 6.03 Å². The Labute approximate surface area is 179 Å². The van der Waals surface area contributed by atoms with E-state index in [0.29, 0.717) is 28.3 Å². The fraction of sp³-hybridized carbons (Fsp3) is 0.0870. The van der Waals surface area contributed by atoms with Crippen LogP contribution in [0.3, 0.4) is 0 Å². The molecule has 0 aliphatic heterocycles. The largest absolute Gasteiger partial charge is 0.495 e. The lowest BCUT2D eigenvalue weighted by Gasteiger charge is -2.19. The molecule has 0 spiro atoms. The van der Waals surface area contributed by atoms with E-state index in [0.717, 1.165) is 0 Å². The van der Waals surface area contributed by atoms with Gasteiger partial charge in [-0.15, -0.1) is 0 Å². The summed E-state index contributed by atoms with van der Waals surface area (Å²) < 4.78 is 5.24. The smallest absolute Gasteiger partial charge is 0.318 e. The summed E-state index contributed by atoms with van der Waals surface area (Å²) in [6.07, 6.45) is 0. The molecule has 158 valence electrons. The number of carbonyl (C=O) groups excluding carboxylic acids is 3. The van der Waals surface area contributed by atoms with E-state index >= 15 is 0 Å². The molecule has 1 atom stereocenters. The maximum absolute atomic E-state index is 12.6. The molecule has 3 aromatic rings. The van der Waals surface area contributed by atoms with Gasteiger partial charge in [-0.3, -0.25) is 14.9 Å². The summed E-state index contributed by atoms with van der Waals surface area (Å²) in [5, 5.41) is 7.96. The second-order valence-corrected chi connectivity index (χ2v) is 6.57. The van der Waals surface area contributed by atoms with Crippen molar-refractivity contribution in [3.8, 4) is 5.75 Å². The molecule has 0 aliphatic carbocycles. The van der Waals surface area contributed by atoms with Crippen LogP contribution in [0.4, 0.5) is 16.2 Å². The molecule has 0 radical (unpaired) electrons. The van der Waals surface area contributed by atoms with Crippen LogP contribution in [-0.2, 0) is 4.79 Å². The van der Waals surface area contributed by atoms with Gasteiger partial charge in [0.1, 0.15) is 11.8 Å². The Bertz CT molecular complexity index is 1070. The Balaban J connectivity index is 1.75. The lowest BCUT2D eigenvalue weighted by atomic mass is 10.1. The molecule has 5 N–H and O–H groups in total. The van der Waals surface area contributed by atoms with E-state index in [2.05, 4.69) is 16.0 Å². The highest BCUT2D eigenvalue weighted by Crippen LogP contribution is 2.24. The maximum atomic E-state index is 12.6. The maximum Gasteiger partial charge on any atom is 0.318 e. The van der Waals surface area contributed by atoms with Gasteiger partial charge in [-0.1, -0.05) is 42.5 Å². The third-order valence-corrected chi connectivity index (χ3v) is 4.45. The average Bonchev–Trinajstić information content (AvgIpc) is 2.78. The van der Waals surface area contributed by atoms with Crippen molar-refractivity contribution in [2.75, 3.05) is 17.7 Å². The summed E-state index contributed by atoms with van der Waals surface area (Å²) in [4.78, 5) is 36.1. The number of para-hydroxylation sites is 2. The highest BCUT2D eigenvalue weighted by Gasteiger charge is 2.21. The average molecular weight is 418 g/mol. The fourth-order valence-corrected chi connectivity index (χ4v) is 2.97. The number of hydrogen-bond acceptors (Lipinski definition) is 5. The van der Waals surface area contributed by atoms with Crippen molar-refractivity contribution in [2.45, 2.75) is 6.04 Å². The van der Waals surface area contributed by atoms with Gasteiger partial charge in [-0.05, 0) is 42.0 Å². The minimum Gasteiger partial charge on any atom is -0.495 e. The molecule has 0 saturated carbocycles. The number of nitrogens with one attached hydrogen (secondary N) is 3. The van der Waals surface area contributed by atoms with Gasteiger partial charge in [0.2, 0.25) is 0 Å². The van der Waals surface area contributed by atoms with E-state index < -0.39 is 18.0 Å². The minimum atomic E-state index is -0.934. The Hall–Kier alpha value is -4.33. The molecule has 8 nitrogen and oxygen atoms in total. The van der Waals surface area contributed by atoms with Crippen LogP contribution in [0.25, 0.3) is 0 Å². The van der Waals surface area contributed by atoms with Crippen molar-refractivity contribution >= 4 is 29.2 Å². The molecule has 0 aromatic heterocycles. The molecule has 1 unspecified atom stereocenters. The Morgan fingerprint density at radius 3 is 2.16 bits per heavy atom. The number of ether oxygens (including phenoxy) is 1. The minimum absolute atomic E-state index is 0.304. The summed E-state index contributed by atoms with van der Waals surface area (Å²) in [7, 11) is 1.53. The first-order valence-electron chi connectivity index (χ1n) is 9.44. The van der Waals surface area contributed by atoms with Crippen LogP contribution >= 0.6 is 0 Å². The topological polar surface area (TPSA) is 123 Å². The molecule has 8 heteroatoms. The summed E-state index contributed by atoms with van der Waals surface area (Å²) in [6, 6.07) is 20.8. The van der Waals surface area contributed by atoms with Gasteiger partial charge in [0.15, 0.2) is 0 Å². The predicted molar refractivity (Wildman–Crippen MR) is 118 cm³/mol. The Kier molecular flexibility index (Phi) is 6.85. The van der Waals surface area contributed by atoms with Crippen LogP contribution < -0.4 is 26.4 Å². The molecule has 0 saturated heterocycles. The number of carbonyl (C=O) groups is 3. The second kappa shape index (κ2) is 9.93. The number of nitrogens with two attached hydrogens (primary N) is 1. The predicted octanol–water partition coefficient (Wildman–Crippen LogP) is 3.30. The number of imide groups is 1. The van der Waals surface area contributed by atoms with Crippen molar-refractivity contribution in [1.29, 1.82) is 0 Å². The molecule has 3 rings (SSSR count). The number of anilines is 2. The third-order valence-electron chi connectivity index (χ3n) is 4.45. The van der Waals surface area contributed by atoms with Crippen molar-refractivity contribution < 1.29 is 19.1 Å². The molecule has 3 aromatic carbocycles. The number of rotatable bonds is 7. The third kappa shape index (κ3) is 5.60. The number of amides is 4. The quantitative estimate of drug-likeness (QED) is 0.469. The Morgan fingerprint density at radius 1 is 0.871 bits per heavy atom. The molecule has 0 fully saturated rings. The van der Waals surface area contributed by atoms with Crippen molar-refractivity contribution in [3.63, 3.8) is 0 Å². The van der Waals surface area contributed by atoms with Crippen molar-refractivity contribution in [3.05, 3.63) is 90.0 Å². The lowest BCUT2D eigenvalue weighted by molar-refractivity contribution is -0.120. The molecule has 0 bridgehead atoms. The number of primary amides is 1. The van der Waals surface area contributed by atoms with Crippen LogP contribution in [0.15, 0.2) is 78.9 Å². The van der Waals surface area contributed by atoms with Crippen LogP contribution in [0, 0.1) is 0 Å². The van der Waals surface area contributed by atoms with Gasteiger partial charge in [0.05, 0.1) is 12.8 Å². The normalized spacial score (nSPS) is 11.1. The molecule has 31 heavy (non-hydrogen) atoms. The van der Waals surface area contributed by atoms with Gasteiger partial charge < -0.3 is 21.1 Å². The standard InChI is InChI=1S/C23H22N4O4/c1-31-19-10-6-5-9-18(19)26-21(28)16-11-13-17(14-12-16)25-20(22(29)27-23(24)30)15-7-3-2-4-8-15/h2-14,20,25H,1H3,(H,26,28)(H3,24,27,29,30). The molecular formula is C23H22N4O4. The highest BCUT2D eigenvalue weighted by molar-refractivity contribution is 6.05. The van der Waals surface area contributed by atoms with E-state index in [9.17, 15) is 14.4 Å². The number of methoxy groups -OCH3 is 1. The summed E-state index contributed by atoms with van der Waals surface area (Å²) in [5.74, 6) is -0.334. The second-order valence-electron chi connectivity index (χ2n) is 6.57. The van der Waals surface area contributed by atoms with Gasteiger partial charge in [0, 0.05) is 11.3 Å². The van der Waals surface area contributed by atoms with E-state index in [-0.39, 0.29) is 5.91 Å². The summed E-state index contributed by atoms with van der Waals surface area (Å²) in [5.41, 5.74) is 7.31. The highest BCUT2D eigenvalue weighted by atomic mass is 16.5. The lowest BCUT2D eigenvalue weighted by Crippen LogP contribution is -2.40. The monoisotopic (exact) mass is 418 g/mol. The van der Waals surface area contributed by atoms with E-state index in [1.807, 2.05) is 12.1 Å². The number of benzene rings is 3. The first-order chi connectivity index (χ1) is 15.0. The fourth-order valence-electron chi connectivity index (χ4n) is 2.97. The van der Waals surface area contributed by atoms with Crippen LogP contribution in [0.1, 0.15) is 22.0 Å². The molecule has 0 aliphatic rings. The zero-order chi connectivity index (χ0) is 22.2. The first kappa shape index (κ1) is 21.4. The van der Waals surface area contributed by atoms with Gasteiger partial charge in [0.25, 0.3) is 11.8 Å². The van der Waals surface area contributed by atoms with E-state index in [1.165, 1.54) is 7.11 Å². The van der Waals surface area contributed by atoms with Gasteiger partial charge in [-0.2, -0.15) is 0 Å². The summed E-state index contributed by atoms with van der Waals surface area (Å²) >= 11 is 0. The SMILES string of the molecule is COc1ccccc1NC(=O)c1ccc(NC(C(=O)NC(N)=O)c2ccccc2)cc1. The van der Waals surface area contributed by atoms with Crippen LogP contribution in [0.5, 0.6) is 5.75 Å². The zero-order valence-electron chi connectivity index (χ0n) is 16.8. The number of urea groups is 1. The molecule has 4 amide bonds. The van der Waals surface area contributed by atoms with E-state index in [4.69, 9.17) is 10.5 Å². The number of hydrogen-bond donors (Lipinski definition) is 4. The van der Waals surface area contributed by atoms with Crippen LogP contribution in [0.2, 0.25) is 0 Å². The summed E-state index contributed by atoms with van der Waals surface area (Å²) in [6.45, 7) is 0. The Morgan fingerprint density at radius 2 is 1.52 bits per heavy atom. The van der Waals surface area contributed by atoms with Crippen molar-refractivity contribution in [1.82, 2.24) is 5.32 Å². The molecular weight excluding hydrogens is 396 g/mol. The van der Waals surface area contributed by atoms with Crippen molar-refractivity contribution in [2.24, 2.45) is 5.73 Å². The van der Waals surface area contributed by atoms with E-state index in [1.54, 1.807) is 66.7 Å². The first-order valence-corrected chi connectivity index (χ1v) is 9.44. The molecule has 0 heterocycles. The van der Waals surface area contributed by atoms with Crippen LogP contribution in [-0.4, -0.2) is 25.0 Å².